The number of aromatic nitrogens is 1. The standard InChI is InChI=1S/C79H77BN4/c1-75(2,3)58-32-37-67(62(47-58)54-25-17-13-18-26-54)82-70-36-30-57(52-23-15-12-16-24-52)46-66(70)80-65-34-31-60(77(7,8)9)49-71(65)83(68-38-33-59(76(4,5)6)48-63(68)55-27-19-14-20-28-55)73-51-61(50-72(82)74(73)80)84-69-35-29-56(53-39-43-81-44-40-53)45-64(69)78(10)41-21-22-42-79(78,84)11/h12-20,23-40,43-51H,21-22,41-42H2,1-11H3. The van der Waals surface area contributed by atoms with Gasteiger partial charge in [0.1, 0.15) is 0 Å². The van der Waals surface area contributed by atoms with Gasteiger partial charge in [-0.2, -0.15) is 0 Å². The van der Waals surface area contributed by atoms with E-state index in [9.17, 15) is 0 Å². The van der Waals surface area contributed by atoms with E-state index in [0.717, 1.165) is 18.5 Å². The molecular weight excluding hydrogens is 1020 g/mol. The molecule has 0 amide bonds. The van der Waals surface area contributed by atoms with Crippen molar-refractivity contribution in [2.75, 3.05) is 14.7 Å². The quantitative estimate of drug-likeness (QED) is 0.148. The molecule has 1 aliphatic carbocycles. The molecule has 2 unspecified atom stereocenters. The number of fused-ring (bicyclic) bond motifs is 7. The summed E-state index contributed by atoms with van der Waals surface area (Å²) in [6, 6.07) is 79.6. The number of pyridine rings is 1. The summed E-state index contributed by atoms with van der Waals surface area (Å²) in [6.45, 7) is 26.2. The third-order valence-corrected chi connectivity index (χ3v) is 19.8. The van der Waals surface area contributed by atoms with Crippen molar-refractivity contribution in [2.45, 2.75) is 129 Å². The first-order valence-electron chi connectivity index (χ1n) is 30.7. The maximum Gasteiger partial charge on any atom is 0.252 e. The molecule has 0 bridgehead atoms. The van der Waals surface area contributed by atoms with Crippen LogP contribution in [0.1, 0.15) is 124 Å². The fourth-order valence-corrected chi connectivity index (χ4v) is 14.9. The van der Waals surface area contributed by atoms with E-state index in [1.807, 2.05) is 12.4 Å². The minimum absolute atomic E-state index is 0.0752. The minimum Gasteiger partial charge on any atom is -0.334 e. The first-order chi connectivity index (χ1) is 40.3. The molecule has 4 heterocycles. The van der Waals surface area contributed by atoms with Crippen LogP contribution in [0.5, 0.6) is 0 Å². The first kappa shape index (κ1) is 53.6. The predicted octanol–water partition coefficient (Wildman–Crippen LogP) is 19.5. The SMILES string of the molecule is CC(C)(C)c1ccc(N2c3ccc(-c4ccccc4)cc3B3c4ccc(C(C)(C)C)cc4N(c4ccc(C(C)(C)C)cc4-c4ccccc4)c4cc(N5c6ccc(-c7ccncc7)cc6C6(C)CCCCC56C)cc2c43)c(-c2ccccc2)c1. The lowest BCUT2D eigenvalue weighted by atomic mass is 9.33. The van der Waals surface area contributed by atoms with Crippen LogP contribution < -0.4 is 31.1 Å². The van der Waals surface area contributed by atoms with Crippen molar-refractivity contribution >= 4 is 68.6 Å². The van der Waals surface area contributed by atoms with Gasteiger partial charge in [0, 0.05) is 63.1 Å². The van der Waals surface area contributed by atoms with Crippen molar-refractivity contribution in [3.8, 4) is 44.5 Å². The van der Waals surface area contributed by atoms with Gasteiger partial charge in [-0.25, -0.2) is 0 Å². The molecule has 10 aromatic rings. The van der Waals surface area contributed by atoms with Crippen LogP contribution in [0.25, 0.3) is 44.5 Å². The fourth-order valence-electron chi connectivity index (χ4n) is 14.9. The average molecular weight is 1090 g/mol. The summed E-state index contributed by atoms with van der Waals surface area (Å²) in [4.78, 5) is 12.6. The summed E-state index contributed by atoms with van der Waals surface area (Å²) in [5.74, 6) is 0. The van der Waals surface area contributed by atoms with Crippen LogP contribution in [0.15, 0.2) is 219 Å². The molecule has 14 rings (SSSR count). The Balaban J connectivity index is 1.14. The Bertz CT molecular complexity index is 4190. The van der Waals surface area contributed by atoms with E-state index in [0.29, 0.717) is 0 Å². The maximum atomic E-state index is 4.42. The molecule has 0 spiro atoms. The van der Waals surface area contributed by atoms with Gasteiger partial charge in [-0.15, -0.1) is 0 Å². The second-order valence-corrected chi connectivity index (χ2v) is 28.0. The highest BCUT2D eigenvalue weighted by atomic mass is 15.3. The van der Waals surface area contributed by atoms with Crippen molar-refractivity contribution in [2.24, 2.45) is 0 Å². The third-order valence-electron chi connectivity index (χ3n) is 19.8. The van der Waals surface area contributed by atoms with Gasteiger partial charge in [0.05, 0.1) is 16.9 Å². The van der Waals surface area contributed by atoms with Gasteiger partial charge in [-0.1, -0.05) is 216 Å². The zero-order chi connectivity index (χ0) is 58.1. The topological polar surface area (TPSA) is 22.6 Å². The molecule has 0 radical (unpaired) electrons. The molecule has 1 fully saturated rings. The lowest BCUT2D eigenvalue weighted by Crippen LogP contribution is -2.61. The zero-order valence-corrected chi connectivity index (χ0v) is 51.0. The van der Waals surface area contributed by atoms with Gasteiger partial charge in [-0.3, -0.25) is 4.98 Å². The maximum absolute atomic E-state index is 4.42. The summed E-state index contributed by atoms with van der Waals surface area (Å²) >= 11 is 0. The van der Waals surface area contributed by atoms with Crippen LogP contribution in [0, 0.1) is 0 Å². The van der Waals surface area contributed by atoms with Crippen molar-refractivity contribution < 1.29 is 0 Å². The van der Waals surface area contributed by atoms with Crippen LogP contribution in [0.2, 0.25) is 0 Å². The Morgan fingerprint density at radius 3 is 1.40 bits per heavy atom. The number of benzene rings is 9. The first-order valence-corrected chi connectivity index (χ1v) is 30.7. The molecule has 3 aliphatic heterocycles. The molecular formula is C79H77BN4. The Labute approximate surface area is 500 Å². The Kier molecular flexibility index (Phi) is 12.5. The van der Waals surface area contributed by atoms with E-state index in [4.69, 9.17) is 0 Å². The van der Waals surface area contributed by atoms with Gasteiger partial charge >= 0.3 is 0 Å². The van der Waals surface area contributed by atoms with Crippen LogP contribution in [-0.4, -0.2) is 17.2 Å². The van der Waals surface area contributed by atoms with E-state index < -0.39 is 0 Å². The Hall–Kier alpha value is -8.41. The van der Waals surface area contributed by atoms with Crippen molar-refractivity contribution in [1.29, 1.82) is 0 Å². The number of nitrogens with zero attached hydrogens (tertiary/aromatic N) is 4. The number of hydrogen-bond acceptors (Lipinski definition) is 4. The van der Waals surface area contributed by atoms with Gasteiger partial charge in [0.15, 0.2) is 0 Å². The van der Waals surface area contributed by atoms with E-state index in [-0.39, 0.29) is 33.9 Å². The van der Waals surface area contributed by atoms with Crippen LogP contribution >= 0.6 is 0 Å². The lowest BCUT2D eigenvalue weighted by molar-refractivity contribution is 0.195. The third kappa shape index (κ3) is 8.58. The molecule has 9 aromatic carbocycles. The van der Waals surface area contributed by atoms with Crippen molar-refractivity contribution in [3.05, 3.63) is 241 Å². The highest BCUT2D eigenvalue weighted by molar-refractivity contribution is 7.00. The molecule has 416 valence electrons. The molecule has 84 heavy (non-hydrogen) atoms. The summed E-state index contributed by atoms with van der Waals surface area (Å²) in [5.41, 5.74) is 28.1. The summed E-state index contributed by atoms with van der Waals surface area (Å²) in [6.07, 6.45) is 8.42. The molecule has 5 heteroatoms. The van der Waals surface area contributed by atoms with E-state index in [2.05, 4.69) is 302 Å². The smallest absolute Gasteiger partial charge is 0.252 e. The van der Waals surface area contributed by atoms with Crippen molar-refractivity contribution in [1.82, 2.24) is 4.98 Å². The van der Waals surface area contributed by atoms with E-state index >= 15 is 0 Å². The summed E-state index contributed by atoms with van der Waals surface area (Å²) < 4.78 is 0. The zero-order valence-electron chi connectivity index (χ0n) is 51.0. The number of hydrogen-bond donors (Lipinski definition) is 0. The van der Waals surface area contributed by atoms with Gasteiger partial charge in [0.2, 0.25) is 0 Å². The van der Waals surface area contributed by atoms with E-state index in [1.54, 1.807) is 0 Å². The number of anilines is 8. The van der Waals surface area contributed by atoms with Gasteiger partial charge in [0.25, 0.3) is 6.71 Å². The van der Waals surface area contributed by atoms with Crippen LogP contribution in [-0.2, 0) is 21.7 Å². The normalized spacial score (nSPS) is 18.0. The molecule has 4 nitrogen and oxygen atoms in total. The molecule has 0 saturated heterocycles. The second kappa shape index (κ2) is 19.6. The minimum atomic E-state index is -0.239. The summed E-state index contributed by atoms with van der Waals surface area (Å²) in [5, 5.41) is 0. The number of rotatable bonds is 7. The highest BCUT2D eigenvalue weighted by Gasteiger charge is 2.58. The molecule has 2 atom stereocenters. The Morgan fingerprint density at radius 1 is 0.381 bits per heavy atom. The predicted molar refractivity (Wildman–Crippen MR) is 359 cm³/mol. The summed E-state index contributed by atoms with van der Waals surface area (Å²) in [7, 11) is 0. The highest BCUT2D eigenvalue weighted by Crippen LogP contribution is 2.63. The van der Waals surface area contributed by atoms with Crippen LogP contribution in [0.4, 0.5) is 45.5 Å². The molecule has 0 N–H and O–H groups in total. The molecule has 1 saturated carbocycles. The molecule has 1 aromatic heterocycles. The van der Waals surface area contributed by atoms with Crippen LogP contribution in [0.3, 0.4) is 0 Å². The van der Waals surface area contributed by atoms with Gasteiger partial charge < -0.3 is 14.7 Å². The van der Waals surface area contributed by atoms with Crippen molar-refractivity contribution in [3.63, 3.8) is 0 Å². The fraction of sp³-hybridized carbons (Fsp3) is 0.253. The largest absolute Gasteiger partial charge is 0.334 e. The van der Waals surface area contributed by atoms with E-state index in [1.165, 1.54) is 136 Å². The van der Waals surface area contributed by atoms with Gasteiger partial charge in [-0.05, 0) is 181 Å². The second-order valence-electron chi connectivity index (χ2n) is 28.0. The molecule has 4 aliphatic rings. The average Bonchev–Trinajstić information content (AvgIpc) is 1.23. The monoisotopic (exact) mass is 1090 g/mol. The lowest BCUT2D eigenvalue weighted by Gasteiger charge is -2.51. The Morgan fingerprint density at radius 2 is 0.845 bits per heavy atom.